The normalized spacial score (nSPS) is 10.8. The maximum absolute atomic E-state index is 5.52. The molecule has 0 aliphatic carbocycles. The van der Waals surface area contributed by atoms with Crippen LogP contribution in [0.5, 0.6) is 5.88 Å². The summed E-state index contributed by atoms with van der Waals surface area (Å²) < 4.78 is 10.6. The van der Waals surface area contributed by atoms with Crippen LogP contribution in [0.15, 0.2) is 47.2 Å². The number of ether oxygens (including phenoxy) is 1. The molecular formula is C12H10N2O2. The molecule has 16 heavy (non-hydrogen) atoms. The van der Waals surface area contributed by atoms with Crippen molar-refractivity contribution in [1.82, 2.24) is 9.97 Å². The summed E-state index contributed by atoms with van der Waals surface area (Å²) in [6.45, 7) is 0.333. The van der Waals surface area contributed by atoms with Gasteiger partial charge in [-0.05, 0) is 6.07 Å². The number of rotatable bonds is 3. The van der Waals surface area contributed by atoms with Crippen LogP contribution < -0.4 is 4.74 Å². The van der Waals surface area contributed by atoms with Crippen LogP contribution in [0, 0.1) is 0 Å². The van der Waals surface area contributed by atoms with Gasteiger partial charge in [-0.25, -0.2) is 4.98 Å². The van der Waals surface area contributed by atoms with Crippen molar-refractivity contribution in [2.24, 2.45) is 0 Å². The molecule has 2 heterocycles. The minimum absolute atomic E-state index is 0.333. The summed E-state index contributed by atoms with van der Waals surface area (Å²) in [5, 5.41) is 1.13. The molecule has 0 amide bonds. The van der Waals surface area contributed by atoms with E-state index in [4.69, 9.17) is 9.15 Å². The predicted molar refractivity (Wildman–Crippen MR) is 59.1 cm³/mol. The lowest BCUT2D eigenvalue weighted by Crippen LogP contribution is -1.95. The van der Waals surface area contributed by atoms with Gasteiger partial charge in [0.25, 0.3) is 0 Å². The molecule has 4 heteroatoms. The molecule has 0 unspecified atom stereocenters. The summed E-state index contributed by atoms with van der Waals surface area (Å²) in [7, 11) is 0. The summed E-state index contributed by atoms with van der Waals surface area (Å²) in [5.74, 6) is 1.29. The maximum atomic E-state index is 5.52. The fourth-order valence-corrected chi connectivity index (χ4v) is 1.59. The quantitative estimate of drug-likeness (QED) is 0.729. The van der Waals surface area contributed by atoms with Crippen LogP contribution in [0.1, 0.15) is 5.89 Å². The number of aromatic amines is 1. The zero-order valence-electron chi connectivity index (χ0n) is 8.51. The topological polar surface area (TPSA) is 51.0 Å². The van der Waals surface area contributed by atoms with Gasteiger partial charge in [0.05, 0.1) is 6.20 Å². The molecule has 3 rings (SSSR count). The molecule has 0 bridgehead atoms. The van der Waals surface area contributed by atoms with Gasteiger partial charge in [-0.15, -0.1) is 0 Å². The number of nitrogens with one attached hydrogen (secondary N) is 1. The molecule has 0 aliphatic rings. The Morgan fingerprint density at radius 1 is 1.31 bits per heavy atom. The number of H-pyrrole nitrogens is 1. The van der Waals surface area contributed by atoms with Gasteiger partial charge in [0.2, 0.25) is 5.89 Å². The molecule has 0 spiro atoms. The average molecular weight is 214 g/mol. The largest absolute Gasteiger partial charge is 0.469 e. The maximum Gasteiger partial charge on any atom is 0.232 e. The van der Waals surface area contributed by atoms with Crippen LogP contribution in [0.4, 0.5) is 0 Å². The lowest BCUT2D eigenvalue weighted by Gasteiger charge is -1.98. The Balaban J connectivity index is 1.79. The highest BCUT2D eigenvalue weighted by atomic mass is 16.5. The van der Waals surface area contributed by atoms with Gasteiger partial charge in [0, 0.05) is 17.0 Å². The van der Waals surface area contributed by atoms with Crippen molar-refractivity contribution in [1.29, 1.82) is 0 Å². The summed E-state index contributed by atoms with van der Waals surface area (Å²) in [5.41, 5.74) is 1.06. The zero-order chi connectivity index (χ0) is 10.8. The highest BCUT2D eigenvalue weighted by molar-refractivity contribution is 5.81. The van der Waals surface area contributed by atoms with Crippen LogP contribution in [0.2, 0.25) is 0 Å². The van der Waals surface area contributed by atoms with E-state index in [1.807, 2.05) is 30.3 Å². The van der Waals surface area contributed by atoms with Gasteiger partial charge in [0.15, 0.2) is 12.5 Å². The number of oxazole rings is 1. The summed E-state index contributed by atoms with van der Waals surface area (Å²) >= 11 is 0. The monoisotopic (exact) mass is 214 g/mol. The van der Waals surface area contributed by atoms with E-state index in [0.717, 1.165) is 16.8 Å². The lowest BCUT2D eigenvalue weighted by molar-refractivity contribution is 0.255. The Morgan fingerprint density at radius 3 is 3.06 bits per heavy atom. The van der Waals surface area contributed by atoms with Crippen LogP contribution in [-0.4, -0.2) is 9.97 Å². The minimum Gasteiger partial charge on any atom is -0.469 e. The number of hydrogen-bond donors (Lipinski definition) is 1. The molecule has 80 valence electrons. The first-order valence-electron chi connectivity index (χ1n) is 5.01. The first-order chi connectivity index (χ1) is 7.92. The molecule has 0 aliphatic heterocycles. The number of nitrogens with zero attached hydrogens (tertiary/aromatic N) is 1. The van der Waals surface area contributed by atoms with Crippen molar-refractivity contribution in [3.05, 3.63) is 48.7 Å². The van der Waals surface area contributed by atoms with Crippen molar-refractivity contribution in [3.63, 3.8) is 0 Å². The molecule has 0 saturated carbocycles. The van der Waals surface area contributed by atoms with Crippen molar-refractivity contribution >= 4 is 10.9 Å². The highest BCUT2D eigenvalue weighted by Crippen LogP contribution is 2.20. The van der Waals surface area contributed by atoms with Gasteiger partial charge >= 0.3 is 0 Å². The van der Waals surface area contributed by atoms with Gasteiger partial charge in [-0.3, -0.25) is 0 Å². The molecule has 0 saturated heterocycles. The summed E-state index contributed by atoms with van der Waals surface area (Å²) in [4.78, 5) is 7.15. The van der Waals surface area contributed by atoms with E-state index >= 15 is 0 Å². The minimum atomic E-state index is 0.333. The number of fused-ring (bicyclic) bond motifs is 1. The van der Waals surface area contributed by atoms with Crippen LogP contribution >= 0.6 is 0 Å². The van der Waals surface area contributed by atoms with E-state index in [0.29, 0.717) is 12.5 Å². The molecule has 0 radical (unpaired) electrons. The second-order valence-electron chi connectivity index (χ2n) is 3.44. The number of aromatic nitrogens is 2. The Kier molecular flexibility index (Phi) is 2.11. The van der Waals surface area contributed by atoms with Crippen LogP contribution in [0.3, 0.4) is 0 Å². The third kappa shape index (κ3) is 1.65. The SMILES string of the molecule is c1ccc2[nH]c(OCc3ncco3)cc2c1. The Morgan fingerprint density at radius 2 is 2.25 bits per heavy atom. The molecule has 1 aromatic carbocycles. The number of hydrogen-bond acceptors (Lipinski definition) is 3. The number of para-hydroxylation sites is 1. The Hall–Kier alpha value is -2.23. The zero-order valence-corrected chi connectivity index (χ0v) is 8.51. The first kappa shape index (κ1) is 9.03. The third-order valence-electron chi connectivity index (χ3n) is 2.34. The summed E-state index contributed by atoms with van der Waals surface area (Å²) in [6.07, 6.45) is 3.13. The molecule has 0 atom stereocenters. The lowest BCUT2D eigenvalue weighted by atomic mass is 10.3. The molecule has 0 fully saturated rings. The first-order valence-corrected chi connectivity index (χ1v) is 5.01. The Labute approximate surface area is 91.9 Å². The molecule has 1 N–H and O–H groups in total. The molecule has 3 aromatic rings. The van der Waals surface area contributed by atoms with E-state index in [1.54, 1.807) is 6.20 Å². The molecular weight excluding hydrogens is 204 g/mol. The fourth-order valence-electron chi connectivity index (χ4n) is 1.59. The average Bonchev–Trinajstić information content (AvgIpc) is 2.95. The van der Waals surface area contributed by atoms with Crippen molar-refractivity contribution in [2.75, 3.05) is 0 Å². The standard InChI is InChI=1S/C12H10N2O2/c1-2-4-10-9(3-1)7-11(14-10)16-8-12-13-5-6-15-12/h1-7,14H,8H2. The molecule has 4 nitrogen and oxygen atoms in total. The van der Waals surface area contributed by atoms with Gasteiger partial charge < -0.3 is 14.1 Å². The van der Waals surface area contributed by atoms with E-state index in [9.17, 15) is 0 Å². The second kappa shape index (κ2) is 3.73. The van der Waals surface area contributed by atoms with Crippen LogP contribution in [0.25, 0.3) is 10.9 Å². The van der Waals surface area contributed by atoms with Crippen molar-refractivity contribution < 1.29 is 9.15 Å². The summed E-state index contributed by atoms with van der Waals surface area (Å²) in [6, 6.07) is 9.97. The number of benzene rings is 1. The van der Waals surface area contributed by atoms with E-state index in [2.05, 4.69) is 9.97 Å². The third-order valence-corrected chi connectivity index (χ3v) is 2.34. The van der Waals surface area contributed by atoms with E-state index in [-0.39, 0.29) is 0 Å². The predicted octanol–water partition coefficient (Wildman–Crippen LogP) is 2.73. The smallest absolute Gasteiger partial charge is 0.232 e. The van der Waals surface area contributed by atoms with Gasteiger partial charge in [0.1, 0.15) is 6.26 Å². The van der Waals surface area contributed by atoms with Crippen molar-refractivity contribution in [3.8, 4) is 5.88 Å². The van der Waals surface area contributed by atoms with E-state index < -0.39 is 0 Å². The molecule has 2 aromatic heterocycles. The Bertz CT molecular complexity index is 551. The highest BCUT2D eigenvalue weighted by Gasteiger charge is 2.02. The van der Waals surface area contributed by atoms with E-state index in [1.165, 1.54) is 6.26 Å². The fraction of sp³-hybridized carbons (Fsp3) is 0.0833. The van der Waals surface area contributed by atoms with Gasteiger partial charge in [-0.2, -0.15) is 0 Å². The van der Waals surface area contributed by atoms with Crippen LogP contribution in [-0.2, 0) is 6.61 Å². The second-order valence-corrected chi connectivity index (χ2v) is 3.44. The van der Waals surface area contributed by atoms with Crippen molar-refractivity contribution in [2.45, 2.75) is 6.61 Å². The van der Waals surface area contributed by atoms with Gasteiger partial charge in [-0.1, -0.05) is 18.2 Å².